The number of rotatable bonds is 4. The molecule has 1 saturated heterocycles. The highest BCUT2D eigenvalue weighted by molar-refractivity contribution is 5.75. The summed E-state index contributed by atoms with van der Waals surface area (Å²) in [6.45, 7) is 6.87. The first-order chi connectivity index (χ1) is 12.2. The van der Waals surface area contributed by atoms with Crippen molar-refractivity contribution in [2.24, 2.45) is 0 Å². The van der Waals surface area contributed by atoms with Crippen molar-refractivity contribution in [3.63, 3.8) is 0 Å². The SMILES string of the molecule is CC[C@@H](NC(=O)N1CCN(c2ccnc(C)n2)CC1)c1ccncc1. The maximum atomic E-state index is 12.6. The number of urea groups is 1. The molecule has 1 atom stereocenters. The molecule has 2 aromatic rings. The van der Waals surface area contributed by atoms with Gasteiger partial charge in [0.05, 0.1) is 6.04 Å². The molecule has 7 heteroatoms. The number of aryl methyl sites for hydroxylation is 1. The summed E-state index contributed by atoms with van der Waals surface area (Å²) < 4.78 is 0. The minimum atomic E-state index is -0.0119. The standard InChI is InChI=1S/C18H24N6O/c1-3-16(15-4-7-19-8-5-15)22-18(25)24-12-10-23(11-13-24)17-6-9-20-14(2)21-17/h4-9,16H,3,10-13H2,1-2H3,(H,22,25)/t16-/m1/s1. The van der Waals surface area contributed by atoms with Crippen LogP contribution in [-0.4, -0.2) is 52.1 Å². The summed E-state index contributed by atoms with van der Waals surface area (Å²) in [7, 11) is 0. The Morgan fingerprint density at radius 3 is 2.52 bits per heavy atom. The largest absolute Gasteiger partial charge is 0.353 e. The normalized spacial score (nSPS) is 15.8. The summed E-state index contributed by atoms with van der Waals surface area (Å²) in [5.74, 6) is 1.69. The van der Waals surface area contributed by atoms with Gasteiger partial charge in [-0.15, -0.1) is 0 Å². The van der Waals surface area contributed by atoms with E-state index in [1.54, 1.807) is 18.6 Å². The third kappa shape index (κ3) is 4.23. The summed E-state index contributed by atoms with van der Waals surface area (Å²) >= 11 is 0. The van der Waals surface area contributed by atoms with E-state index in [-0.39, 0.29) is 12.1 Å². The van der Waals surface area contributed by atoms with Crippen LogP contribution < -0.4 is 10.2 Å². The second-order valence-electron chi connectivity index (χ2n) is 6.13. The number of hydrogen-bond donors (Lipinski definition) is 1. The zero-order valence-electron chi connectivity index (χ0n) is 14.7. The van der Waals surface area contributed by atoms with Crippen molar-refractivity contribution in [1.82, 2.24) is 25.2 Å². The predicted molar refractivity (Wildman–Crippen MR) is 96.4 cm³/mol. The Balaban J connectivity index is 1.56. The van der Waals surface area contributed by atoms with Gasteiger partial charge in [0.1, 0.15) is 11.6 Å². The van der Waals surface area contributed by atoms with Crippen molar-refractivity contribution < 1.29 is 4.79 Å². The van der Waals surface area contributed by atoms with Gasteiger partial charge in [0, 0.05) is 44.8 Å². The molecule has 132 valence electrons. The fourth-order valence-electron chi connectivity index (χ4n) is 3.02. The van der Waals surface area contributed by atoms with Crippen LogP contribution in [0.15, 0.2) is 36.8 Å². The fraction of sp³-hybridized carbons (Fsp3) is 0.444. The summed E-state index contributed by atoms with van der Waals surface area (Å²) in [5.41, 5.74) is 1.08. The number of hydrogen-bond acceptors (Lipinski definition) is 5. The maximum absolute atomic E-state index is 12.6. The van der Waals surface area contributed by atoms with Gasteiger partial charge in [-0.3, -0.25) is 4.98 Å². The lowest BCUT2D eigenvalue weighted by atomic mass is 10.1. The monoisotopic (exact) mass is 340 g/mol. The summed E-state index contributed by atoms with van der Waals surface area (Å²) in [6.07, 6.45) is 6.13. The Labute approximate surface area is 148 Å². The number of amides is 2. The average molecular weight is 340 g/mol. The van der Waals surface area contributed by atoms with Crippen molar-refractivity contribution >= 4 is 11.8 Å². The van der Waals surface area contributed by atoms with Gasteiger partial charge in [-0.1, -0.05) is 6.92 Å². The lowest BCUT2D eigenvalue weighted by Gasteiger charge is -2.36. The van der Waals surface area contributed by atoms with Gasteiger partial charge in [-0.05, 0) is 37.1 Å². The number of anilines is 1. The molecule has 7 nitrogen and oxygen atoms in total. The highest BCUT2D eigenvalue weighted by Gasteiger charge is 2.23. The molecule has 0 bridgehead atoms. The van der Waals surface area contributed by atoms with Crippen molar-refractivity contribution in [2.75, 3.05) is 31.1 Å². The Morgan fingerprint density at radius 1 is 1.16 bits per heavy atom. The van der Waals surface area contributed by atoms with E-state index in [0.29, 0.717) is 13.1 Å². The van der Waals surface area contributed by atoms with Crippen LogP contribution in [0.1, 0.15) is 30.8 Å². The Morgan fingerprint density at radius 2 is 1.88 bits per heavy atom. The van der Waals surface area contributed by atoms with E-state index in [4.69, 9.17) is 0 Å². The Bertz CT molecular complexity index is 700. The Kier molecular flexibility index (Phi) is 5.42. The van der Waals surface area contributed by atoms with Crippen LogP contribution in [0, 0.1) is 6.92 Å². The third-order valence-electron chi connectivity index (χ3n) is 4.47. The van der Waals surface area contributed by atoms with Crippen LogP contribution in [0.25, 0.3) is 0 Å². The molecular weight excluding hydrogens is 316 g/mol. The van der Waals surface area contributed by atoms with Gasteiger partial charge in [-0.2, -0.15) is 0 Å². The van der Waals surface area contributed by atoms with E-state index in [9.17, 15) is 4.79 Å². The van der Waals surface area contributed by atoms with E-state index in [2.05, 4.69) is 32.1 Å². The van der Waals surface area contributed by atoms with E-state index in [1.165, 1.54) is 0 Å². The average Bonchev–Trinajstić information content (AvgIpc) is 2.67. The van der Waals surface area contributed by atoms with Gasteiger partial charge < -0.3 is 15.1 Å². The molecule has 0 unspecified atom stereocenters. The molecular formula is C18H24N6O. The summed E-state index contributed by atoms with van der Waals surface area (Å²) in [4.78, 5) is 29.3. The second kappa shape index (κ2) is 7.92. The molecule has 0 saturated carbocycles. The zero-order chi connectivity index (χ0) is 17.6. The van der Waals surface area contributed by atoms with Crippen LogP contribution in [0.2, 0.25) is 0 Å². The van der Waals surface area contributed by atoms with Crippen LogP contribution >= 0.6 is 0 Å². The predicted octanol–water partition coefficient (Wildman–Crippen LogP) is 2.16. The van der Waals surface area contributed by atoms with Crippen LogP contribution in [0.5, 0.6) is 0 Å². The van der Waals surface area contributed by atoms with Gasteiger partial charge in [0.15, 0.2) is 0 Å². The number of nitrogens with zero attached hydrogens (tertiary/aromatic N) is 5. The van der Waals surface area contributed by atoms with Crippen LogP contribution in [-0.2, 0) is 0 Å². The zero-order valence-corrected chi connectivity index (χ0v) is 14.7. The van der Waals surface area contributed by atoms with E-state index < -0.39 is 0 Å². The van der Waals surface area contributed by atoms with E-state index >= 15 is 0 Å². The summed E-state index contributed by atoms with van der Waals surface area (Å²) in [6, 6.07) is 5.81. The molecule has 0 aliphatic carbocycles. The number of carbonyl (C=O) groups is 1. The molecule has 1 N–H and O–H groups in total. The highest BCUT2D eigenvalue weighted by Crippen LogP contribution is 2.17. The quantitative estimate of drug-likeness (QED) is 0.923. The van der Waals surface area contributed by atoms with Crippen molar-refractivity contribution in [2.45, 2.75) is 26.3 Å². The first-order valence-corrected chi connectivity index (χ1v) is 8.67. The number of carbonyl (C=O) groups excluding carboxylic acids is 1. The van der Waals surface area contributed by atoms with Crippen LogP contribution in [0.4, 0.5) is 10.6 Å². The lowest BCUT2D eigenvalue weighted by molar-refractivity contribution is 0.190. The van der Waals surface area contributed by atoms with Gasteiger partial charge >= 0.3 is 6.03 Å². The van der Waals surface area contributed by atoms with Gasteiger partial charge in [-0.25, -0.2) is 14.8 Å². The lowest BCUT2D eigenvalue weighted by Crippen LogP contribution is -2.52. The molecule has 0 spiro atoms. The van der Waals surface area contributed by atoms with Gasteiger partial charge in [0.25, 0.3) is 0 Å². The molecule has 1 fully saturated rings. The molecule has 3 rings (SSSR count). The molecule has 3 heterocycles. The van der Waals surface area contributed by atoms with Crippen molar-refractivity contribution in [1.29, 1.82) is 0 Å². The molecule has 1 aliphatic heterocycles. The van der Waals surface area contributed by atoms with Crippen molar-refractivity contribution in [3.05, 3.63) is 48.2 Å². The number of pyridine rings is 1. The highest BCUT2D eigenvalue weighted by atomic mass is 16.2. The summed E-state index contributed by atoms with van der Waals surface area (Å²) in [5, 5.41) is 3.13. The molecule has 25 heavy (non-hydrogen) atoms. The number of piperazine rings is 1. The third-order valence-corrected chi connectivity index (χ3v) is 4.47. The number of aromatic nitrogens is 3. The second-order valence-corrected chi connectivity index (χ2v) is 6.13. The first kappa shape index (κ1) is 17.1. The minimum Gasteiger partial charge on any atom is -0.353 e. The minimum absolute atomic E-state index is 0.0119. The molecule has 0 aromatic carbocycles. The molecule has 0 radical (unpaired) electrons. The van der Waals surface area contributed by atoms with Crippen molar-refractivity contribution in [3.8, 4) is 0 Å². The topological polar surface area (TPSA) is 74.2 Å². The van der Waals surface area contributed by atoms with E-state index in [1.807, 2.05) is 30.0 Å². The Hall–Kier alpha value is -2.70. The van der Waals surface area contributed by atoms with Gasteiger partial charge in [0.2, 0.25) is 0 Å². The molecule has 1 aliphatic rings. The molecule has 2 amide bonds. The first-order valence-electron chi connectivity index (χ1n) is 8.67. The maximum Gasteiger partial charge on any atom is 0.318 e. The smallest absolute Gasteiger partial charge is 0.318 e. The molecule has 2 aromatic heterocycles. The van der Waals surface area contributed by atoms with E-state index in [0.717, 1.165) is 36.7 Å². The fourth-order valence-corrected chi connectivity index (χ4v) is 3.02. The van der Waals surface area contributed by atoms with Crippen LogP contribution in [0.3, 0.4) is 0 Å². The number of nitrogens with one attached hydrogen (secondary N) is 1.